The summed E-state index contributed by atoms with van der Waals surface area (Å²) in [7, 11) is 0. The lowest BCUT2D eigenvalue weighted by Crippen LogP contribution is -2.36. The molecule has 6 rings (SSSR count). The SMILES string of the molecule is C=CC(=O)OCCCCOc1ccc(C(=O)Oc2ccc(C(=O)O[C@H]3CO[C@H]4[C@@H]3OC[C@H]4OC(=O)c3ccc(OC(=O)c4ccc(OCCCCOC(=O)C=C)cc4)cc3)cc2)cc1. The van der Waals surface area contributed by atoms with Crippen molar-refractivity contribution < 1.29 is 76.1 Å². The summed E-state index contributed by atoms with van der Waals surface area (Å²) in [5, 5.41) is 0. The molecule has 0 bridgehead atoms. The van der Waals surface area contributed by atoms with Gasteiger partial charge >= 0.3 is 35.8 Å². The lowest BCUT2D eigenvalue weighted by molar-refractivity contribution is -0.138. The second-order valence-electron chi connectivity index (χ2n) is 14.2. The minimum atomic E-state index is -0.766. The van der Waals surface area contributed by atoms with E-state index in [4.69, 9.17) is 47.4 Å². The lowest BCUT2D eigenvalue weighted by atomic mass is 10.1. The van der Waals surface area contributed by atoms with E-state index in [0.717, 1.165) is 12.2 Å². The van der Waals surface area contributed by atoms with Crippen molar-refractivity contribution in [1.29, 1.82) is 0 Å². The van der Waals surface area contributed by atoms with E-state index in [1.807, 2.05) is 0 Å². The van der Waals surface area contributed by atoms with Crippen LogP contribution in [0.25, 0.3) is 0 Å². The van der Waals surface area contributed by atoms with E-state index in [1.165, 1.54) is 48.5 Å². The minimum Gasteiger partial charge on any atom is -0.494 e. The maximum absolute atomic E-state index is 13.0. The van der Waals surface area contributed by atoms with E-state index in [2.05, 4.69) is 13.2 Å². The number of rotatable bonds is 22. The maximum Gasteiger partial charge on any atom is 0.343 e. The number of fused-ring (bicyclic) bond motifs is 1. The average Bonchev–Trinajstić information content (AvgIpc) is 3.91. The van der Waals surface area contributed by atoms with Crippen LogP contribution in [0.2, 0.25) is 0 Å². The third-order valence-electron chi connectivity index (χ3n) is 9.70. The summed E-state index contributed by atoms with van der Waals surface area (Å²) in [6, 6.07) is 24.6. The van der Waals surface area contributed by atoms with Crippen LogP contribution in [0.3, 0.4) is 0 Å². The largest absolute Gasteiger partial charge is 0.494 e. The van der Waals surface area contributed by atoms with Gasteiger partial charge in [-0.3, -0.25) is 0 Å². The molecule has 4 atom stereocenters. The van der Waals surface area contributed by atoms with Crippen molar-refractivity contribution in [1.82, 2.24) is 0 Å². The normalized spacial score (nSPS) is 17.2. The fourth-order valence-corrected chi connectivity index (χ4v) is 6.32. The van der Waals surface area contributed by atoms with Crippen LogP contribution in [-0.2, 0) is 38.0 Å². The van der Waals surface area contributed by atoms with E-state index in [9.17, 15) is 28.8 Å². The Hall–Kier alpha value is -7.30. The minimum absolute atomic E-state index is 0.0221. The number of esters is 6. The van der Waals surface area contributed by atoms with Gasteiger partial charge in [0, 0.05) is 12.2 Å². The molecule has 2 fully saturated rings. The first kappa shape index (κ1) is 46.2. The van der Waals surface area contributed by atoms with E-state index in [1.54, 1.807) is 48.5 Å². The molecule has 0 saturated carbocycles. The van der Waals surface area contributed by atoms with E-state index in [-0.39, 0.29) is 49.1 Å². The van der Waals surface area contributed by atoms with Crippen LogP contribution in [0.5, 0.6) is 23.0 Å². The third kappa shape index (κ3) is 13.3. The first-order valence-electron chi connectivity index (χ1n) is 20.4. The van der Waals surface area contributed by atoms with Crippen molar-refractivity contribution >= 4 is 35.8 Å². The van der Waals surface area contributed by atoms with Gasteiger partial charge in [0.1, 0.15) is 35.2 Å². The van der Waals surface area contributed by atoms with E-state index >= 15 is 0 Å². The van der Waals surface area contributed by atoms with Crippen LogP contribution in [-0.4, -0.2) is 99.9 Å². The zero-order valence-corrected chi connectivity index (χ0v) is 34.7. The Morgan fingerprint density at radius 1 is 0.453 bits per heavy atom. The Morgan fingerprint density at radius 3 is 1.11 bits per heavy atom. The summed E-state index contributed by atoms with van der Waals surface area (Å²) in [5.41, 5.74) is 0.999. The molecular formula is C48H46O16. The molecule has 2 aliphatic rings. The van der Waals surface area contributed by atoms with Gasteiger partial charge in [0.05, 0.1) is 61.9 Å². The molecule has 0 spiro atoms. The van der Waals surface area contributed by atoms with E-state index in [0.29, 0.717) is 61.5 Å². The van der Waals surface area contributed by atoms with Crippen LogP contribution in [0.1, 0.15) is 67.1 Å². The van der Waals surface area contributed by atoms with Crippen molar-refractivity contribution in [3.8, 4) is 23.0 Å². The quantitative estimate of drug-likeness (QED) is 0.0274. The Kier molecular flexibility index (Phi) is 16.8. The van der Waals surface area contributed by atoms with Crippen molar-refractivity contribution in [2.45, 2.75) is 50.1 Å². The van der Waals surface area contributed by atoms with Gasteiger partial charge in [0.25, 0.3) is 0 Å². The second kappa shape index (κ2) is 23.2. The molecule has 2 aliphatic heterocycles. The van der Waals surface area contributed by atoms with Gasteiger partial charge in [-0.1, -0.05) is 13.2 Å². The molecule has 4 aromatic rings. The molecule has 16 heteroatoms. The molecule has 0 N–H and O–H groups in total. The topological polar surface area (TPSA) is 195 Å². The molecule has 2 heterocycles. The Balaban J connectivity index is 0.888. The number of ether oxygens (including phenoxy) is 10. The van der Waals surface area contributed by atoms with Gasteiger partial charge in [-0.15, -0.1) is 0 Å². The standard InChI is InChI=1S/C48H46O16/c1-3-41(49)57-27-7-5-25-55-35-17-9-31(10-18-35)45(51)61-37-21-13-33(14-22-37)47(53)63-39-29-59-44-40(30-60-43(39)44)64-48(54)34-15-23-38(24-16-34)62-46(52)32-11-19-36(20-12-32)56-26-6-8-28-58-42(50)4-2/h3-4,9-24,39-40,43-44H,1-2,5-8,25-30H2/t39-,40+,43-,44-/m1/s1. The lowest BCUT2D eigenvalue weighted by Gasteiger charge is -2.17. The highest BCUT2D eigenvalue weighted by Gasteiger charge is 2.51. The zero-order valence-electron chi connectivity index (χ0n) is 34.7. The predicted octanol–water partition coefficient (Wildman–Crippen LogP) is 6.45. The highest BCUT2D eigenvalue weighted by atomic mass is 16.7. The van der Waals surface area contributed by atoms with Crippen LogP contribution >= 0.6 is 0 Å². The fourth-order valence-electron chi connectivity index (χ4n) is 6.32. The van der Waals surface area contributed by atoms with Gasteiger partial charge in [-0.2, -0.15) is 0 Å². The summed E-state index contributed by atoms with van der Waals surface area (Å²) in [5.74, 6) is -1.88. The summed E-state index contributed by atoms with van der Waals surface area (Å²) in [6.07, 6.45) is 1.95. The molecule has 16 nitrogen and oxygen atoms in total. The van der Waals surface area contributed by atoms with Gasteiger partial charge in [-0.05, 0) is 123 Å². The van der Waals surface area contributed by atoms with Gasteiger partial charge < -0.3 is 47.4 Å². The Morgan fingerprint density at radius 2 is 0.766 bits per heavy atom. The second-order valence-corrected chi connectivity index (χ2v) is 14.2. The van der Waals surface area contributed by atoms with Crippen molar-refractivity contribution in [3.05, 3.63) is 145 Å². The van der Waals surface area contributed by atoms with Crippen LogP contribution in [0, 0.1) is 0 Å². The summed E-state index contributed by atoms with van der Waals surface area (Å²) >= 11 is 0. The number of hydrogen-bond acceptors (Lipinski definition) is 16. The Bertz CT molecular complexity index is 2090. The smallest absolute Gasteiger partial charge is 0.343 e. The first-order valence-corrected chi connectivity index (χ1v) is 20.4. The van der Waals surface area contributed by atoms with Gasteiger partial charge in [-0.25, -0.2) is 28.8 Å². The zero-order chi connectivity index (χ0) is 45.3. The van der Waals surface area contributed by atoms with Gasteiger partial charge in [0.15, 0.2) is 12.2 Å². The van der Waals surface area contributed by atoms with Crippen molar-refractivity contribution in [3.63, 3.8) is 0 Å². The number of carbonyl (C=O) groups is 6. The summed E-state index contributed by atoms with van der Waals surface area (Å²) in [6.45, 7) is 8.10. The number of unbranched alkanes of at least 4 members (excludes halogenated alkanes) is 2. The number of hydrogen-bond donors (Lipinski definition) is 0. The molecule has 64 heavy (non-hydrogen) atoms. The molecule has 0 unspecified atom stereocenters. The molecule has 0 radical (unpaired) electrons. The first-order chi connectivity index (χ1) is 31.1. The molecule has 0 amide bonds. The van der Waals surface area contributed by atoms with Crippen molar-refractivity contribution in [2.75, 3.05) is 39.6 Å². The van der Waals surface area contributed by atoms with Crippen LogP contribution in [0.15, 0.2) is 122 Å². The molecule has 334 valence electrons. The monoisotopic (exact) mass is 878 g/mol. The summed E-state index contributed by atoms with van der Waals surface area (Å²) in [4.78, 5) is 73.7. The fraction of sp³-hybridized carbons (Fsp3) is 0.292. The van der Waals surface area contributed by atoms with E-state index < -0.39 is 60.2 Å². The predicted molar refractivity (Wildman–Crippen MR) is 225 cm³/mol. The highest BCUT2D eigenvalue weighted by Crippen LogP contribution is 2.32. The molecule has 2 saturated heterocycles. The molecule has 0 aromatic heterocycles. The molecule has 0 aliphatic carbocycles. The van der Waals surface area contributed by atoms with Crippen LogP contribution in [0.4, 0.5) is 0 Å². The maximum atomic E-state index is 13.0. The number of carbonyl (C=O) groups excluding carboxylic acids is 6. The molecule has 4 aromatic carbocycles. The Labute approximate surface area is 368 Å². The highest BCUT2D eigenvalue weighted by molar-refractivity contribution is 5.93. The number of benzene rings is 4. The average molecular weight is 879 g/mol. The van der Waals surface area contributed by atoms with Crippen LogP contribution < -0.4 is 18.9 Å². The molecular weight excluding hydrogens is 833 g/mol. The van der Waals surface area contributed by atoms with Crippen molar-refractivity contribution in [2.24, 2.45) is 0 Å². The summed E-state index contributed by atoms with van der Waals surface area (Å²) < 4.78 is 55.2. The van der Waals surface area contributed by atoms with Gasteiger partial charge in [0.2, 0.25) is 0 Å². The third-order valence-corrected chi connectivity index (χ3v) is 9.70.